The fourth-order valence-electron chi connectivity index (χ4n) is 1.41. The second-order valence-electron chi connectivity index (χ2n) is 3.14. The smallest absolute Gasteiger partial charge is 0.124 e. The van der Waals surface area contributed by atoms with Gasteiger partial charge in [0.25, 0.3) is 0 Å². The van der Waals surface area contributed by atoms with Crippen molar-refractivity contribution in [3.05, 3.63) is 54.3 Å². The second-order valence-corrected chi connectivity index (χ2v) is 3.81. The Labute approximate surface area is 85.0 Å². The third-order valence-electron chi connectivity index (χ3n) is 2.03. The van der Waals surface area contributed by atoms with Crippen LogP contribution in [0.25, 0.3) is 11.1 Å². The number of halogens is 1. The number of hydrogen-bond donors (Lipinski definition) is 0. The molecular weight excluding hydrogens is 194 g/mol. The zero-order chi connectivity index (χ0) is 9.97. The maximum atomic E-state index is 13.1. The van der Waals surface area contributed by atoms with Crippen LogP contribution in [0.5, 0.6) is 0 Å². The normalized spacial score (nSPS) is 10.1. The number of benzene rings is 2. The summed E-state index contributed by atoms with van der Waals surface area (Å²) in [5, 5.41) is 0.865. The highest BCUT2D eigenvalue weighted by molar-refractivity contribution is 7.27. The highest BCUT2D eigenvalue weighted by Crippen LogP contribution is 2.19. The summed E-state index contributed by atoms with van der Waals surface area (Å²) in [6, 6.07) is 14.8. The van der Waals surface area contributed by atoms with Crippen LogP contribution in [0.2, 0.25) is 0 Å². The molecule has 0 N–H and O–H groups in total. The number of hydrogen-bond acceptors (Lipinski definition) is 0. The molecule has 2 heteroatoms. The summed E-state index contributed by atoms with van der Waals surface area (Å²) in [5.41, 5.74) is 1.95. The van der Waals surface area contributed by atoms with Gasteiger partial charge in [-0.15, -0.1) is 9.24 Å². The van der Waals surface area contributed by atoms with Crippen molar-refractivity contribution in [2.45, 2.75) is 0 Å². The lowest BCUT2D eigenvalue weighted by atomic mass is 10.1. The Bertz CT molecular complexity index is 417. The molecule has 1 unspecified atom stereocenters. The molecule has 0 bridgehead atoms. The van der Waals surface area contributed by atoms with Crippen LogP contribution in [0.3, 0.4) is 0 Å². The number of rotatable bonds is 1. The molecular formula is C12H10FP. The van der Waals surface area contributed by atoms with E-state index in [-0.39, 0.29) is 5.82 Å². The molecule has 0 fully saturated rings. The van der Waals surface area contributed by atoms with Crippen molar-refractivity contribution >= 4 is 14.5 Å². The van der Waals surface area contributed by atoms with Gasteiger partial charge in [-0.25, -0.2) is 4.39 Å². The van der Waals surface area contributed by atoms with Gasteiger partial charge in [-0.1, -0.05) is 30.3 Å². The monoisotopic (exact) mass is 204 g/mol. The highest BCUT2D eigenvalue weighted by Gasteiger charge is 1.99. The lowest BCUT2D eigenvalue weighted by molar-refractivity contribution is 0.629. The van der Waals surface area contributed by atoms with Gasteiger partial charge in [-0.2, -0.15) is 0 Å². The molecule has 2 rings (SSSR count). The molecule has 0 saturated carbocycles. The zero-order valence-corrected chi connectivity index (χ0v) is 8.73. The fourth-order valence-corrected chi connectivity index (χ4v) is 1.75. The van der Waals surface area contributed by atoms with Crippen molar-refractivity contribution in [2.75, 3.05) is 0 Å². The molecule has 0 aliphatic carbocycles. The summed E-state index contributed by atoms with van der Waals surface area (Å²) >= 11 is 0. The van der Waals surface area contributed by atoms with E-state index >= 15 is 0 Å². The minimum absolute atomic E-state index is 0.198. The Kier molecular flexibility index (Phi) is 2.60. The molecule has 1 atom stereocenters. The Morgan fingerprint density at radius 3 is 2.21 bits per heavy atom. The fraction of sp³-hybridized carbons (Fsp3) is 0. The molecule has 0 aliphatic heterocycles. The van der Waals surface area contributed by atoms with Crippen LogP contribution in [0.15, 0.2) is 48.5 Å². The average molecular weight is 204 g/mol. The van der Waals surface area contributed by atoms with E-state index in [9.17, 15) is 4.39 Å². The van der Waals surface area contributed by atoms with Crippen LogP contribution >= 0.6 is 9.24 Å². The van der Waals surface area contributed by atoms with E-state index in [2.05, 4.69) is 9.24 Å². The van der Waals surface area contributed by atoms with E-state index in [0.29, 0.717) is 0 Å². The standard InChI is InChI=1S/C12H10FP/c13-11-6-10(7-12(14)8-11)9-4-2-1-3-5-9/h1-8H,14H2. The van der Waals surface area contributed by atoms with E-state index in [1.165, 1.54) is 6.07 Å². The molecule has 0 spiro atoms. The molecule has 2 aromatic rings. The zero-order valence-electron chi connectivity index (χ0n) is 7.57. The van der Waals surface area contributed by atoms with Crippen molar-refractivity contribution in [1.29, 1.82) is 0 Å². The van der Waals surface area contributed by atoms with Crippen LogP contribution in [-0.2, 0) is 0 Å². The third kappa shape index (κ3) is 2.00. The minimum Gasteiger partial charge on any atom is -0.207 e. The van der Waals surface area contributed by atoms with Crippen LogP contribution < -0.4 is 5.30 Å². The van der Waals surface area contributed by atoms with E-state index < -0.39 is 0 Å². The first-order chi connectivity index (χ1) is 6.75. The van der Waals surface area contributed by atoms with E-state index in [1.807, 2.05) is 36.4 Å². The van der Waals surface area contributed by atoms with Crippen LogP contribution in [-0.4, -0.2) is 0 Å². The Morgan fingerprint density at radius 2 is 1.57 bits per heavy atom. The van der Waals surface area contributed by atoms with Crippen molar-refractivity contribution in [3.63, 3.8) is 0 Å². The lowest BCUT2D eigenvalue weighted by Crippen LogP contribution is -1.93. The largest absolute Gasteiger partial charge is 0.207 e. The van der Waals surface area contributed by atoms with Gasteiger partial charge in [-0.05, 0) is 34.6 Å². The molecule has 0 saturated heterocycles. The van der Waals surface area contributed by atoms with Crippen molar-refractivity contribution in [2.24, 2.45) is 0 Å². The van der Waals surface area contributed by atoms with Gasteiger partial charge in [0, 0.05) is 0 Å². The Hall–Kier alpha value is -1.20. The lowest BCUT2D eigenvalue weighted by Gasteiger charge is -2.02. The summed E-state index contributed by atoms with van der Waals surface area (Å²) in [4.78, 5) is 0. The maximum Gasteiger partial charge on any atom is 0.124 e. The first kappa shape index (κ1) is 9.36. The summed E-state index contributed by atoms with van der Waals surface area (Å²) in [7, 11) is 2.51. The van der Waals surface area contributed by atoms with Gasteiger partial charge in [0.1, 0.15) is 5.82 Å². The van der Waals surface area contributed by atoms with Crippen LogP contribution in [0.4, 0.5) is 4.39 Å². The van der Waals surface area contributed by atoms with Crippen molar-refractivity contribution in [3.8, 4) is 11.1 Å². The third-order valence-corrected chi connectivity index (χ3v) is 2.36. The van der Waals surface area contributed by atoms with Crippen LogP contribution in [0, 0.1) is 5.82 Å². The van der Waals surface area contributed by atoms with E-state index in [1.54, 1.807) is 6.07 Å². The summed E-state index contributed by atoms with van der Waals surface area (Å²) in [5.74, 6) is -0.198. The molecule has 14 heavy (non-hydrogen) atoms. The second kappa shape index (κ2) is 3.89. The molecule has 70 valence electrons. The molecule has 0 aliphatic rings. The first-order valence-electron chi connectivity index (χ1n) is 4.37. The molecule has 0 nitrogen and oxygen atoms in total. The Morgan fingerprint density at radius 1 is 0.857 bits per heavy atom. The Balaban J connectivity index is 2.52. The molecule has 0 heterocycles. The van der Waals surface area contributed by atoms with E-state index in [4.69, 9.17) is 0 Å². The summed E-state index contributed by atoms with van der Waals surface area (Å²) in [6.45, 7) is 0. The molecule has 0 aromatic heterocycles. The van der Waals surface area contributed by atoms with Crippen molar-refractivity contribution in [1.82, 2.24) is 0 Å². The van der Waals surface area contributed by atoms with E-state index in [0.717, 1.165) is 16.4 Å². The van der Waals surface area contributed by atoms with Gasteiger partial charge >= 0.3 is 0 Å². The molecule has 2 aromatic carbocycles. The predicted molar refractivity (Wildman–Crippen MR) is 61.2 cm³/mol. The van der Waals surface area contributed by atoms with Gasteiger partial charge in [0.15, 0.2) is 0 Å². The topological polar surface area (TPSA) is 0 Å². The predicted octanol–water partition coefficient (Wildman–Crippen LogP) is 2.99. The van der Waals surface area contributed by atoms with Gasteiger partial charge < -0.3 is 0 Å². The highest BCUT2D eigenvalue weighted by atomic mass is 31.0. The summed E-state index contributed by atoms with van der Waals surface area (Å²) in [6.07, 6.45) is 0. The average Bonchev–Trinajstić information content (AvgIpc) is 2.18. The first-order valence-corrected chi connectivity index (χ1v) is 4.95. The van der Waals surface area contributed by atoms with Gasteiger partial charge in [-0.3, -0.25) is 0 Å². The van der Waals surface area contributed by atoms with Gasteiger partial charge in [0.2, 0.25) is 0 Å². The summed E-state index contributed by atoms with van der Waals surface area (Å²) < 4.78 is 13.1. The minimum atomic E-state index is -0.198. The van der Waals surface area contributed by atoms with Crippen LogP contribution in [0.1, 0.15) is 0 Å². The quantitative estimate of drug-likeness (QED) is 0.626. The van der Waals surface area contributed by atoms with Crippen molar-refractivity contribution < 1.29 is 4.39 Å². The molecule has 0 radical (unpaired) electrons. The van der Waals surface area contributed by atoms with Gasteiger partial charge in [0.05, 0.1) is 0 Å². The molecule has 0 amide bonds. The maximum absolute atomic E-state index is 13.1. The SMILES string of the molecule is Fc1cc(P)cc(-c2ccccc2)c1.